The fourth-order valence-electron chi connectivity index (χ4n) is 2.30. The summed E-state index contributed by atoms with van der Waals surface area (Å²) in [4.78, 5) is 2.44. The third-order valence-corrected chi connectivity index (χ3v) is 3.25. The van der Waals surface area contributed by atoms with Crippen LogP contribution in [0.4, 0.5) is 0 Å². The van der Waals surface area contributed by atoms with Crippen molar-refractivity contribution >= 4 is 0 Å². The van der Waals surface area contributed by atoms with Crippen LogP contribution >= 0.6 is 0 Å². The molecule has 1 rings (SSSR count). The van der Waals surface area contributed by atoms with Crippen molar-refractivity contribution in [2.24, 2.45) is 11.8 Å². The third-order valence-electron chi connectivity index (χ3n) is 3.25. The maximum atomic E-state index is 3.93. The summed E-state index contributed by atoms with van der Waals surface area (Å²) < 4.78 is 0. The minimum atomic E-state index is 0.718. The lowest BCUT2D eigenvalue weighted by Crippen LogP contribution is -2.29. The van der Waals surface area contributed by atoms with Gasteiger partial charge in [-0.05, 0) is 44.7 Å². The van der Waals surface area contributed by atoms with E-state index in [2.05, 4.69) is 31.5 Å². The molecule has 1 saturated heterocycles. The zero-order valence-corrected chi connectivity index (χ0v) is 9.13. The maximum Gasteiger partial charge on any atom is 0.00413 e. The lowest BCUT2D eigenvalue weighted by molar-refractivity contribution is 0.226. The van der Waals surface area contributed by atoms with Crippen molar-refractivity contribution in [2.45, 2.75) is 32.6 Å². The first-order chi connectivity index (χ1) is 6.26. The topological polar surface area (TPSA) is 3.24 Å². The molecule has 0 radical (unpaired) electrons. The van der Waals surface area contributed by atoms with Gasteiger partial charge in [0.25, 0.3) is 0 Å². The molecule has 0 amide bonds. The number of nitrogens with zero attached hydrogens (tertiary/aromatic N) is 1. The van der Waals surface area contributed by atoms with Crippen LogP contribution in [0.1, 0.15) is 32.6 Å². The lowest BCUT2D eigenvalue weighted by Gasteiger charge is -2.29. The second kappa shape index (κ2) is 5.43. The Balaban J connectivity index is 2.47. The molecule has 1 aliphatic rings. The Morgan fingerprint density at radius 3 is 2.92 bits per heavy atom. The Hall–Kier alpha value is -0.300. The molecule has 76 valence electrons. The van der Waals surface area contributed by atoms with Gasteiger partial charge in [0.15, 0.2) is 0 Å². The van der Waals surface area contributed by atoms with Gasteiger partial charge in [-0.25, -0.2) is 0 Å². The molecule has 0 bridgehead atoms. The summed E-state index contributed by atoms with van der Waals surface area (Å²) in [6, 6.07) is 0. The van der Waals surface area contributed by atoms with E-state index in [1.54, 1.807) is 0 Å². The molecular formula is C12H23N. The van der Waals surface area contributed by atoms with Crippen LogP contribution < -0.4 is 0 Å². The van der Waals surface area contributed by atoms with Gasteiger partial charge in [-0.1, -0.05) is 19.4 Å². The zero-order chi connectivity index (χ0) is 9.68. The van der Waals surface area contributed by atoms with E-state index in [-0.39, 0.29) is 0 Å². The number of hydrogen-bond donors (Lipinski definition) is 0. The van der Waals surface area contributed by atoms with Crippen molar-refractivity contribution < 1.29 is 0 Å². The van der Waals surface area contributed by atoms with Gasteiger partial charge >= 0.3 is 0 Å². The van der Waals surface area contributed by atoms with Gasteiger partial charge in [-0.15, -0.1) is 6.58 Å². The van der Waals surface area contributed by atoms with Crippen LogP contribution in [0.25, 0.3) is 0 Å². The van der Waals surface area contributed by atoms with Gasteiger partial charge in [0.2, 0.25) is 0 Å². The minimum absolute atomic E-state index is 0.718. The predicted octanol–water partition coefficient (Wildman–Crippen LogP) is 2.93. The Morgan fingerprint density at radius 2 is 2.31 bits per heavy atom. The second-order valence-corrected chi connectivity index (χ2v) is 4.41. The highest BCUT2D eigenvalue weighted by Crippen LogP contribution is 2.24. The number of rotatable bonds is 2. The van der Waals surface area contributed by atoms with Crippen molar-refractivity contribution in [2.75, 3.05) is 20.1 Å². The van der Waals surface area contributed by atoms with Crippen LogP contribution in [0.5, 0.6) is 0 Å². The summed E-state index contributed by atoms with van der Waals surface area (Å²) in [5.74, 6) is 1.66. The average Bonchev–Trinajstić information content (AvgIpc) is 2.10. The monoisotopic (exact) mass is 181 g/mol. The zero-order valence-electron chi connectivity index (χ0n) is 9.13. The molecule has 13 heavy (non-hydrogen) atoms. The SMILES string of the molecule is C=CC1CC(CC)CCCN(C)C1. The quantitative estimate of drug-likeness (QED) is 0.592. The molecule has 1 fully saturated rings. The van der Waals surface area contributed by atoms with Gasteiger partial charge in [-0.2, -0.15) is 0 Å². The van der Waals surface area contributed by atoms with Crippen LogP contribution in [0, 0.1) is 11.8 Å². The molecule has 2 atom stereocenters. The smallest absolute Gasteiger partial charge is 0.00413 e. The summed E-state index contributed by atoms with van der Waals surface area (Å²) in [7, 11) is 2.22. The van der Waals surface area contributed by atoms with Crippen LogP contribution in [0.2, 0.25) is 0 Å². The van der Waals surface area contributed by atoms with E-state index >= 15 is 0 Å². The third kappa shape index (κ3) is 3.51. The van der Waals surface area contributed by atoms with Crippen molar-refractivity contribution in [3.8, 4) is 0 Å². The highest BCUT2D eigenvalue weighted by atomic mass is 15.1. The lowest BCUT2D eigenvalue weighted by atomic mass is 9.87. The molecule has 0 saturated carbocycles. The van der Waals surface area contributed by atoms with E-state index < -0.39 is 0 Å². The Kier molecular flexibility index (Phi) is 4.51. The molecule has 1 heterocycles. The standard InChI is InChI=1S/C12H23N/c1-4-11-7-6-8-13(3)10-12(5-2)9-11/h5,11-12H,2,4,6-10H2,1,3H3. The van der Waals surface area contributed by atoms with Crippen LogP contribution in [-0.4, -0.2) is 25.0 Å². The number of likely N-dealkylation sites (tertiary alicyclic amines) is 1. The van der Waals surface area contributed by atoms with Crippen LogP contribution in [0.15, 0.2) is 12.7 Å². The molecule has 1 heteroatoms. The molecule has 0 aromatic rings. The first kappa shape index (κ1) is 10.8. The molecular weight excluding hydrogens is 158 g/mol. The molecule has 0 N–H and O–H groups in total. The summed E-state index contributed by atoms with van der Waals surface area (Å²) in [5, 5.41) is 0. The van der Waals surface area contributed by atoms with E-state index in [9.17, 15) is 0 Å². The van der Waals surface area contributed by atoms with Gasteiger partial charge in [-0.3, -0.25) is 0 Å². The van der Waals surface area contributed by atoms with Crippen LogP contribution in [0.3, 0.4) is 0 Å². The summed E-state index contributed by atoms with van der Waals surface area (Å²) in [6.07, 6.45) is 7.62. The molecule has 2 unspecified atom stereocenters. The highest BCUT2D eigenvalue weighted by Gasteiger charge is 2.17. The fourth-order valence-corrected chi connectivity index (χ4v) is 2.30. The second-order valence-electron chi connectivity index (χ2n) is 4.41. The average molecular weight is 181 g/mol. The largest absolute Gasteiger partial charge is 0.306 e. The minimum Gasteiger partial charge on any atom is -0.306 e. The van der Waals surface area contributed by atoms with Gasteiger partial charge in [0.1, 0.15) is 0 Å². The fraction of sp³-hybridized carbons (Fsp3) is 0.833. The van der Waals surface area contributed by atoms with E-state index in [4.69, 9.17) is 0 Å². The molecule has 1 aliphatic heterocycles. The Bertz CT molecular complexity index is 153. The first-order valence-electron chi connectivity index (χ1n) is 5.57. The Morgan fingerprint density at radius 1 is 1.54 bits per heavy atom. The van der Waals surface area contributed by atoms with Gasteiger partial charge in [0.05, 0.1) is 0 Å². The Labute approximate surface area is 82.8 Å². The normalized spacial score (nSPS) is 32.2. The summed E-state index contributed by atoms with van der Waals surface area (Å²) >= 11 is 0. The molecule has 0 aromatic heterocycles. The highest BCUT2D eigenvalue weighted by molar-refractivity contribution is 4.84. The maximum absolute atomic E-state index is 3.93. The van der Waals surface area contributed by atoms with E-state index in [1.165, 1.54) is 38.8 Å². The van der Waals surface area contributed by atoms with E-state index in [1.807, 2.05) is 0 Å². The van der Waals surface area contributed by atoms with Crippen molar-refractivity contribution in [1.29, 1.82) is 0 Å². The van der Waals surface area contributed by atoms with Crippen LogP contribution in [-0.2, 0) is 0 Å². The van der Waals surface area contributed by atoms with Crippen molar-refractivity contribution in [1.82, 2.24) is 4.90 Å². The number of hydrogen-bond acceptors (Lipinski definition) is 1. The summed E-state index contributed by atoms with van der Waals surface area (Å²) in [6.45, 7) is 8.72. The molecule has 0 aliphatic carbocycles. The summed E-state index contributed by atoms with van der Waals surface area (Å²) in [5.41, 5.74) is 0. The van der Waals surface area contributed by atoms with Crippen molar-refractivity contribution in [3.63, 3.8) is 0 Å². The van der Waals surface area contributed by atoms with E-state index in [0.717, 1.165) is 11.8 Å². The van der Waals surface area contributed by atoms with E-state index in [0.29, 0.717) is 0 Å². The first-order valence-corrected chi connectivity index (χ1v) is 5.57. The predicted molar refractivity (Wildman–Crippen MR) is 58.8 cm³/mol. The van der Waals surface area contributed by atoms with Crippen molar-refractivity contribution in [3.05, 3.63) is 12.7 Å². The van der Waals surface area contributed by atoms with Gasteiger partial charge < -0.3 is 4.90 Å². The molecule has 1 nitrogen and oxygen atoms in total. The molecule has 0 spiro atoms. The molecule has 0 aromatic carbocycles. The van der Waals surface area contributed by atoms with Gasteiger partial charge in [0, 0.05) is 6.54 Å².